The molecule has 6 heteroatoms. The Morgan fingerprint density at radius 3 is 2.30 bits per heavy atom. The molecule has 23 heavy (non-hydrogen) atoms. The van der Waals surface area contributed by atoms with Gasteiger partial charge in [0.1, 0.15) is 11.4 Å². The standard InChI is InChI=1S/C17H26O6/c1-7-12(20)8(5-10(18)19)13(21)16(4)9-6-15(2,3)11(9)14(22)17(7,16)23/h7-9,11-12,14,20,22-23H,5-6H2,1-4H3,(H,18,19). The van der Waals surface area contributed by atoms with E-state index in [4.69, 9.17) is 5.11 Å². The molecular formula is C17H26O6. The van der Waals surface area contributed by atoms with Crippen LogP contribution in [0, 0.1) is 34.5 Å². The van der Waals surface area contributed by atoms with Gasteiger partial charge in [0.15, 0.2) is 0 Å². The first-order valence-corrected chi connectivity index (χ1v) is 8.25. The molecule has 8 unspecified atom stereocenters. The summed E-state index contributed by atoms with van der Waals surface area (Å²) in [5.41, 5.74) is -3.12. The predicted octanol–water partition coefficient (Wildman–Crippen LogP) is 0.431. The molecule has 0 aromatic heterocycles. The van der Waals surface area contributed by atoms with Crippen molar-refractivity contribution in [3.8, 4) is 0 Å². The summed E-state index contributed by atoms with van der Waals surface area (Å²) in [7, 11) is 0. The molecule has 0 bridgehead atoms. The molecule has 0 heterocycles. The third-order valence-corrected chi connectivity index (χ3v) is 7.31. The van der Waals surface area contributed by atoms with E-state index in [0.717, 1.165) is 0 Å². The van der Waals surface area contributed by atoms with Crippen LogP contribution in [-0.4, -0.2) is 50.0 Å². The Hall–Kier alpha value is -0.980. The van der Waals surface area contributed by atoms with E-state index >= 15 is 0 Å². The molecule has 3 rings (SSSR count). The van der Waals surface area contributed by atoms with Gasteiger partial charge >= 0.3 is 5.97 Å². The summed E-state index contributed by atoms with van der Waals surface area (Å²) < 4.78 is 0. The lowest BCUT2D eigenvalue weighted by Gasteiger charge is -2.56. The van der Waals surface area contributed by atoms with Gasteiger partial charge in [0.2, 0.25) is 0 Å². The van der Waals surface area contributed by atoms with E-state index in [9.17, 15) is 24.9 Å². The lowest BCUT2D eigenvalue weighted by Crippen LogP contribution is -2.68. The highest BCUT2D eigenvalue weighted by atomic mass is 16.4. The Morgan fingerprint density at radius 2 is 1.83 bits per heavy atom. The summed E-state index contributed by atoms with van der Waals surface area (Å²) in [5, 5.41) is 41.7. The van der Waals surface area contributed by atoms with Crippen molar-refractivity contribution >= 4 is 11.8 Å². The lowest BCUT2D eigenvalue weighted by molar-refractivity contribution is -0.215. The van der Waals surface area contributed by atoms with Gasteiger partial charge in [-0.05, 0) is 30.6 Å². The van der Waals surface area contributed by atoms with Gasteiger partial charge in [-0.25, -0.2) is 0 Å². The van der Waals surface area contributed by atoms with Crippen molar-refractivity contribution in [2.24, 2.45) is 34.5 Å². The van der Waals surface area contributed by atoms with E-state index in [1.54, 1.807) is 13.8 Å². The van der Waals surface area contributed by atoms with E-state index in [-0.39, 0.29) is 17.3 Å². The highest BCUT2D eigenvalue weighted by Gasteiger charge is 2.80. The average molecular weight is 326 g/mol. The largest absolute Gasteiger partial charge is 0.481 e. The summed E-state index contributed by atoms with van der Waals surface area (Å²) in [6.45, 7) is 7.25. The van der Waals surface area contributed by atoms with Gasteiger partial charge < -0.3 is 20.4 Å². The molecule has 3 aliphatic carbocycles. The molecular weight excluding hydrogens is 300 g/mol. The van der Waals surface area contributed by atoms with Crippen molar-refractivity contribution in [3.05, 3.63) is 0 Å². The number of hydrogen-bond donors (Lipinski definition) is 4. The second-order valence-electron chi connectivity index (χ2n) is 8.65. The van der Waals surface area contributed by atoms with Crippen LogP contribution in [-0.2, 0) is 9.59 Å². The second kappa shape index (κ2) is 4.55. The Balaban J connectivity index is 2.10. The van der Waals surface area contributed by atoms with Crippen molar-refractivity contribution in [2.45, 2.75) is 58.3 Å². The van der Waals surface area contributed by atoms with Crippen LogP contribution in [0.25, 0.3) is 0 Å². The molecule has 3 fully saturated rings. The Kier molecular flexibility index (Phi) is 3.34. The number of hydrogen-bond acceptors (Lipinski definition) is 5. The van der Waals surface area contributed by atoms with Crippen molar-refractivity contribution in [1.29, 1.82) is 0 Å². The molecule has 3 aliphatic rings. The minimum atomic E-state index is -1.72. The zero-order chi connectivity index (χ0) is 17.5. The number of fused-ring (bicyclic) bond motifs is 3. The van der Waals surface area contributed by atoms with Crippen LogP contribution in [0.5, 0.6) is 0 Å². The number of aliphatic hydroxyl groups excluding tert-OH is 2. The maximum Gasteiger partial charge on any atom is 0.304 e. The first-order valence-electron chi connectivity index (χ1n) is 8.25. The number of aliphatic hydroxyl groups is 3. The van der Waals surface area contributed by atoms with E-state index in [0.29, 0.717) is 6.42 Å². The Labute approximate surface area is 135 Å². The van der Waals surface area contributed by atoms with E-state index in [2.05, 4.69) is 0 Å². The monoisotopic (exact) mass is 326 g/mol. The van der Waals surface area contributed by atoms with Gasteiger partial charge in [0.25, 0.3) is 0 Å². The predicted molar refractivity (Wildman–Crippen MR) is 80.4 cm³/mol. The summed E-state index contributed by atoms with van der Waals surface area (Å²) in [6, 6.07) is 0. The number of carboxylic acid groups (broad SMARTS) is 1. The highest BCUT2D eigenvalue weighted by Crippen LogP contribution is 2.72. The minimum absolute atomic E-state index is 0.184. The number of carbonyl (C=O) groups excluding carboxylic acids is 1. The number of Topliss-reactive ketones (excluding diaryl/α,β-unsaturated/α-hetero) is 1. The van der Waals surface area contributed by atoms with Crippen LogP contribution in [0.4, 0.5) is 0 Å². The van der Waals surface area contributed by atoms with Crippen LogP contribution < -0.4 is 0 Å². The first-order chi connectivity index (χ1) is 10.4. The van der Waals surface area contributed by atoms with Crippen molar-refractivity contribution < 1.29 is 30.0 Å². The average Bonchev–Trinajstić information content (AvgIpc) is 2.59. The lowest BCUT2D eigenvalue weighted by atomic mass is 9.48. The fraction of sp³-hybridized carbons (Fsp3) is 0.882. The zero-order valence-electron chi connectivity index (χ0n) is 14.0. The van der Waals surface area contributed by atoms with Crippen LogP contribution in [0.15, 0.2) is 0 Å². The molecule has 3 saturated carbocycles. The van der Waals surface area contributed by atoms with Crippen molar-refractivity contribution in [3.63, 3.8) is 0 Å². The molecule has 0 amide bonds. The van der Waals surface area contributed by atoms with Crippen molar-refractivity contribution in [1.82, 2.24) is 0 Å². The zero-order valence-corrected chi connectivity index (χ0v) is 14.0. The van der Waals surface area contributed by atoms with E-state index in [1.807, 2.05) is 13.8 Å². The smallest absolute Gasteiger partial charge is 0.304 e. The Bertz CT molecular complexity index is 571. The number of rotatable bonds is 2. The number of carboxylic acids is 1. The number of aliphatic carboxylic acids is 1. The molecule has 4 N–H and O–H groups in total. The van der Waals surface area contributed by atoms with Gasteiger partial charge in [-0.15, -0.1) is 0 Å². The minimum Gasteiger partial charge on any atom is -0.481 e. The van der Waals surface area contributed by atoms with Crippen molar-refractivity contribution in [2.75, 3.05) is 0 Å². The molecule has 8 atom stereocenters. The van der Waals surface area contributed by atoms with Gasteiger partial charge in [0, 0.05) is 5.92 Å². The number of ketones is 1. The highest BCUT2D eigenvalue weighted by molar-refractivity contribution is 5.93. The van der Waals surface area contributed by atoms with E-state index < -0.39 is 53.2 Å². The molecule has 6 nitrogen and oxygen atoms in total. The molecule has 130 valence electrons. The van der Waals surface area contributed by atoms with Gasteiger partial charge in [-0.2, -0.15) is 0 Å². The van der Waals surface area contributed by atoms with E-state index in [1.165, 1.54) is 0 Å². The van der Waals surface area contributed by atoms with Crippen LogP contribution in [0.3, 0.4) is 0 Å². The molecule has 0 aromatic rings. The topological polar surface area (TPSA) is 115 Å². The summed E-state index contributed by atoms with van der Waals surface area (Å²) in [6.07, 6.45) is -2.12. The molecule has 0 radical (unpaired) electrons. The molecule has 0 aromatic carbocycles. The maximum absolute atomic E-state index is 13.1. The second-order valence-corrected chi connectivity index (χ2v) is 8.65. The SMILES string of the molecule is CC1C(O)C(CC(=O)O)C(=O)C2(C)C3CC(C)(C)C3C(O)C12O. The fourth-order valence-corrected chi connectivity index (χ4v) is 5.98. The first kappa shape index (κ1) is 16.9. The van der Waals surface area contributed by atoms with Gasteiger partial charge in [0.05, 0.1) is 30.0 Å². The van der Waals surface area contributed by atoms with Crippen LogP contribution in [0.2, 0.25) is 0 Å². The molecule has 0 spiro atoms. The summed E-state index contributed by atoms with van der Waals surface area (Å²) in [4.78, 5) is 24.2. The van der Waals surface area contributed by atoms with Gasteiger partial charge in [-0.3, -0.25) is 9.59 Å². The maximum atomic E-state index is 13.1. The number of carbonyl (C=O) groups is 2. The summed E-state index contributed by atoms with van der Waals surface area (Å²) >= 11 is 0. The Morgan fingerprint density at radius 1 is 1.26 bits per heavy atom. The summed E-state index contributed by atoms with van der Waals surface area (Å²) in [5.74, 6) is -3.79. The molecule has 0 saturated heterocycles. The third-order valence-electron chi connectivity index (χ3n) is 7.31. The fourth-order valence-electron chi connectivity index (χ4n) is 5.98. The quantitative estimate of drug-likeness (QED) is 0.585. The normalized spacial score (nSPS) is 54.1. The van der Waals surface area contributed by atoms with Crippen LogP contribution >= 0.6 is 0 Å². The molecule has 0 aliphatic heterocycles. The van der Waals surface area contributed by atoms with Crippen LogP contribution in [0.1, 0.15) is 40.5 Å². The van der Waals surface area contributed by atoms with Gasteiger partial charge in [-0.1, -0.05) is 20.8 Å². The third kappa shape index (κ3) is 1.69.